The summed E-state index contributed by atoms with van der Waals surface area (Å²) in [7, 11) is 3.19. The van der Waals surface area contributed by atoms with E-state index < -0.39 is 0 Å². The Morgan fingerprint density at radius 1 is 1.12 bits per heavy atom. The van der Waals surface area contributed by atoms with Crippen LogP contribution in [0.2, 0.25) is 0 Å². The van der Waals surface area contributed by atoms with Crippen molar-refractivity contribution in [3.05, 3.63) is 29.8 Å². The summed E-state index contributed by atoms with van der Waals surface area (Å²) in [5.74, 6) is 1.44. The Bertz CT molecular complexity index is 349. The van der Waals surface area contributed by atoms with Crippen molar-refractivity contribution in [3.63, 3.8) is 0 Å². The summed E-state index contributed by atoms with van der Waals surface area (Å²) < 4.78 is 14.8. The summed E-state index contributed by atoms with van der Waals surface area (Å²) in [5.41, 5.74) is 0.922. The minimum atomic E-state index is 0.253. The number of benzene rings is 1. The molecule has 0 heterocycles. The van der Waals surface area contributed by atoms with Gasteiger partial charge in [0.25, 0.3) is 6.47 Å². The van der Waals surface area contributed by atoms with E-state index in [0.29, 0.717) is 6.47 Å². The Labute approximate surface area is 94.4 Å². The molecular formula is C12H14O4. The van der Waals surface area contributed by atoms with Gasteiger partial charge in [-0.3, -0.25) is 4.79 Å². The largest absolute Gasteiger partial charge is 0.497 e. The number of carbonyl (C=O) groups excluding carboxylic acids is 1. The number of ether oxygens (including phenoxy) is 3. The van der Waals surface area contributed by atoms with Crippen molar-refractivity contribution in [2.24, 2.45) is 0 Å². The molecule has 0 N–H and O–H groups in total. The third-order valence-electron chi connectivity index (χ3n) is 1.94. The molecule has 0 saturated carbocycles. The summed E-state index contributed by atoms with van der Waals surface area (Å²) >= 11 is 0. The lowest BCUT2D eigenvalue weighted by Crippen LogP contribution is -1.89. The standard InChI is InChI=1S/C12H14O4/c1-14-11-6-10(4-3-5-16-9-13)7-12(8-11)15-2/h3-4,6-9H,5H2,1-2H3/b4-3+. The van der Waals surface area contributed by atoms with Crippen LogP contribution in [-0.2, 0) is 9.53 Å². The van der Waals surface area contributed by atoms with E-state index in [1.54, 1.807) is 26.4 Å². The number of hydrogen-bond donors (Lipinski definition) is 0. The molecule has 0 aliphatic carbocycles. The Morgan fingerprint density at radius 2 is 1.75 bits per heavy atom. The van der Waals surface area contributed by atoms with E-state index in [9.17, 15) is 4.79 Å². The second kappa shape index (κ2) is 6.50. The molecule has 0 unspecified atom stereocenters. The van der Waals surface area contributed by atoms with Crippen LogP contribution < -0.4 is 9.47 Å². The van der Waals surface area contributed by atoms with Crippen LogP contribution in [0.3, 0.4) is 0 Å². The Kier molecular flexibility index (Phi) is 4.92. The van der Waals surface area contributed by atoms with Gasteiger partial charge in [-0.2, -0.15) is 0 Å². The van der Waals surface area contributed by atoms with Crippen molar-refractivity contribution in [3.8, 4) is 11.5 Å². The van der Waals surface area contributed by atoms with E-state index in [1.165, 1.54) is 0 Å². The molecule has 16 heavy (non-hydrogen) atoms. The van der Waals surface area contributed by atoms with Gasteiger partial charge in [-0.05, 0) is 23.8 Å². The first kappa shape index (κ1) is 12.1. The first-order valence-corrected chi connectivity index (χ1v) is 4.75. The zero-order valence-electron chi connectivity index (χ0n) is 9.30. The quantitative estimate of drug-likeness (QED) is 0.544. The van der Waals surface area contributed by atoms with Gasteiger partial charge in [0, 0.05) is 6.07 Å². The van der Waals surface area contributed by atoms with Crippen molar-refractivity contribution < 1.29 is 19.0 Å². The molecule has 0 aliphatic rings. The smallest absolute Gasteiger partial charge is 0.293 e. The fourth-order valence-corrected chi connectivity index (χ4v) is 1.20. The van der Waals surface area contributed by atoms with Crippen LogP contribution in [0.1, 0.15) is 5.56 Å². The Balaban J connectivity index is 2.78. The Hall–Kier alpha value is -1.97. The van der Waals surface area contributed by atoms with Crippen LogP contribution in [0.25, 0.3) is 6.08 Å². The first-order chi connectivity index (χ1) is 7.80. The average molecular weight is 222 g/mol. The van der Waals surface area contributed by atoms with E-state index in [2.05, 4.69) is 4.74 Å². The minimum absolute atomic E-state index is 0.253. The van der Waals surface area contributed by atoms with E-state index in [4.69, 9.17) is 9.47 Å². The molecule has 0 radical (unpaired) electrons. The second-order valence-electron chi connectivity index (χ2n) is 2.98. The predicted molar refractivity (Wildman–Crippen MR) is 60.6 cm³/mol. The minimum Gasteiger partial charge on any atom is -0.497 e. The molecule has 0 spiro atoms. The third-order valence-corrected chi connectivity index (χ3v) is 1.94. The van der Waals surface area contributed by atoms with Crippen LogP contribution in [0.5, 0.6) is 11.5 Å². The lowest BCUT2D eigenvalue weighted by Gasteiger charge is -2.05. The monoisotopic (exact) mass is 222 g/mol. The van der Waals surface area contributed by atoms with Crippen molar-refractivity contribution in [2.45, 2.75) is 0 Å². The zero-order chi connectivity index (χ0) is 11.8. The molecule has 0 amide bonds. The highest BCUT2D eigenvalue weighted by Gasteiger charge is 1.98. The van der Waals surface area contributed by atoms with Gasteiger partial charge in [-0.15, -0.1) is 0 Å². The van der Waals surface area contributed by atoms with E-state index in [1.807, 2.05) is 18.2 Å². The lowest BCUT2D eigenvalue weighted by atomic mass is 10.2. The summed E-state index contributed by atoms with van der Waals surface area (Å²) in [6, 6.07) is 5.51. The topological polar surface area (TPSA) is 44.8 Å². The fourth-order valence-electron chi connectivity index (χ4n) is 1.20. The highest BCUT2D eigenvalue weighted by molar-refractivity contribution is 5.55. The highest BCUT2D eigenvalue weighted by atomic mass is 16.5. The number of methoxy groups -OCH3 is 2. The molecule has 0 aromatic heterocycles. The van der Waals surface area contributed by atoms with Gasteiger partial charge in [0.15, 0.2) is 0 Å². The molecule has 4 nitrogen and oxygen atoms in total. The van der Waals surface area contributed by atoms with Crippen LogP contribution in [0.15, 0.2) is 24.3 Å². The molecule has 0 atom stereocenters. The SMILES string of the molecule is COc1cc(/C=C/COC=O)cc(OC)c1. The molecule has 86 valence electrons. The summed E-state index contributed by atoms with van der Waals surface area (Å²) in [6.45, 7) is 0.666. The van der Waals surface area contributed by atoms with Gasteiger partial charge in [0.2, 0.25) is 0 Å². The van der Waals surface area contributed by atoms with Crippen LogP contribution in [0, 0.1) is 0 Å². The third kappa shape index (κ3) is 3.65. The second-order valence-corrected chi connectivity index (χ2v) is 2.98. The number of hydrogen-bond acceptors (Lipinski definition) is 4. The maximum Gasteiger partial charge on any atom is 0.293 e. The molecule has 1 rings (SSSR count). The van der Waals surface area contributed by atoms with Crippen molar-refractivity contribution in [1.29, 1.82) is 0 Å². The molecule has 1 aromatic carbocycles. The fraction of sp³-hybridized carbons (Fsp3) is 0.250. The normalized spacial score (nSPS) is 10.1. The van der Waals surface area contributed by atoms with Crippen molar-refractivity contribution >= 4 is 12.5 Å². The zero-order valence-corrected chi connectivity index (χ0v) is 9.30. The first-order valence-electron chi connectivity index (χ1n) is 4.75. The van der Waals surface area contributed by atoms with Crippen molar-refractivity contribution in [1.82, 2.24) is 0 Å². The number of rotatable bonds is 6. The highest BCUT2D eigenvalue weighted by Crippen LogP contribution is 2.23. The predicted octanol–water partition coefficient (Wildman–Crippen LogP) is 1.89. The van der Waals surface area contributed by atoms with Crippen LogP contribution in [-0.4, -0.2) is 27.3 Å². The van der Waals surface area contributed by atoms with Gasteiger partial charge >= 0.3 is 0 Å². The van der Waals surface area contributed by atoms with Crippen molar-refractivity contribution in [2.75, 3.05) is 20.8 Å². The van der Waals surface area contributed by atoms with Crippen LogP contribution in [0.4, 0.5) is 0 Å². The van der Waals surface area contributed by atoms with Gasteiger partial charge in [0.1, 0.15) is 18.1 Å². The van der Waals surface area contributed by atoms with Gasteiger partial charge in [-0.25, -0.2) is 0 Å². The average Bonchev–Trinajstić information content (AvgIpc) is 2.34. The van der Waals surface area contributed by atoms with Gasteiger partial charge in [0.05, 0.1) is 14.2 Å². The molecule has 1 aromatic rings. The summed E-state index contributed by atoms with van der Waals surface area (Å²) in [4.78, 5) is 9.92. The summed E-state index contributed by atoms with van der Waals surface area (Å²) in [5, 5.41) is 0. The molecule has 0 aliphatic heterocycles. The maximum atomic E-state index is 9.92. The molecule has 4 heteroatoms. The maximum absolute atomic E-state index is 9.92. The van der Waals surface area contributed by atoms with Gasteiger partial charge in [-0.1, -0.05) is 6.08 Å². The van der Waals surface area contributed by atoms with E-state index in [-0.39, 0.29) is 6.61 Å². The Morgan fingerprint density at radius 3 is 2.25 bits per heavy atom. The van der Waals surface area contributed by atoms with Gasteiger partial charge < -0.3 is 14.2 Å². The summed E-state index contributed by atoms with van der Waals surface area (Å²) in [6.07, 6.45) is 3.57. The van der Waals surface area contributed by atoms with E-state index in [0.717, 1.165) is 17.1 Å². The molecule has 0 saturated heterocycles. The van der Waals surface area contributed by atoms with E-state index >= 15 is 0 Å². The molecule has 0 fully saturated rings. The lowest BCUT2D eigenvalue weighted by molar-refractivity contribution is -0.127. The van der Waals surface area contributed by atoms with Crippen LogP contribution >= 0.6 is 0 Å². The number of carbonyl (C=O) groups is 1. The molecule has 0 bridgehead atoms. The molecular weight excluding hydrogens is 208 g/mol.